The lowest BCUT2D eigenvalue weighted by atomic mass is 9.87. The molecule has 1 aromatic rings. The topological polar surface area (TPSA) is 23.5 Å². The van der Waals surface area contributed by atoms with Gasteiger partial charge in [0.1, 0.15) is 5.82 Å². The van der Waals surface area contributed by atoms with Crippen LogP contribution in [0.3, 0.4) is 0 Å². The van der Waals surface area contributed by atoms with Crippen molar-refractivity contribution in [3.8, 4) is 0 Å². The molecule has 112 valence electrons. The molecule has 1 aliphatic heterocycles. The average molecular weight is 300 g/mol. The van der Waals surface area contributed by atoms with Crippen LogP contribution in [-0.2, 0) is 6.42 Å². The Balaban J connectivity index is 2.09. The van der Waals surface area contributed by atoms with Crippen LogP contribution in [0.5, 0.6) is 0 Å². The van der Waals surface area contributed by atoms with E-state index in [1.54, 1.807) is 6.07 Å². The summed E-state index contributed by atoms with van der Waals surface area (Å²) in [6.07, 6.45) is 2.67. The molecule has 0 radical (unpaired) electrons. The summed E-state index contributed by atoms with van der Waals surface area (Å²) in [4.78, 5) is 2.37. The molecule has 4 heteroatoms. The Morgan fingerprint density at radius 3 is 2.80 bits per heavy atom. The second kappa shape index (κ2) is 6.42. The molecule has 1 heterocycles. The first-order chi connectivity index (χ1) is 9.39. The minimum Gasteiger partial charge on any atom is -0.389 e. The van der Waals surface area contributed by atoms with Crippen LogP contribution in [0.2, 0.25) is 5.02 Å². The SMILES string of the molecule is CC(C)N1CCCC(O)(Cc2cc(Cl)ccc2F)CC1. The summed E-state index contributed by atoms with van der Waals surface area (Å²) in [6, 6.07) is 5.02. The van der Waals surface area contributed by atoms with Crippen LogP contribution < -0.4 is 0 Å². The third-order valence-electron chi connectivity index (χ3n) is 4.21. The summed E-state index contributed by atoms with van der Waals surface area (Å²) in [5.74, 6) is -0.284. The Hall–Kier alpha value is -0.640. The predicted molar refractivity (Wildman–Crippen MR) is 80.6 cm³/mol. The molecule has 1 aromatic carbocycles. The summed E-state index contributed by atoms with van der Waals surface area (Å²) >= 11 is 5.92. The molecule has 20 heavy (non-hydrogen) atoms. The largest absolute Gasteiger partial charge is 0.389 e. The zero-order chi connectivity index (χ0) is 14.8. The Morgan fingerprint density at radius 1 is 1.35 bits per heavy atom. The number of benzene rings is 1. The van der Waals surface area contributed by atoms with Crippen molar-refractivity contribution in [3.63, 3.8) is 0 Å². The summed E-state index contributed by atoms with van der Waals surface area (Å²) < 4.78 is 13.8. The third-order valence-corrected chi connectivity index (χ3v) is 4.44. The van der Waals surface area contributed by atoms with Gasteiger partial charge in [-0.2, -0.15) is 0 Å². The van der Waals surface area contributed by atoms with Gasteiger partial charge in [-0.3, -0.25) is 0 Å². The van der Waals surface area contributed by atoms with Crippen molar-refractivity contribution in [1.29, 1.82) is 0 Å². The van der Waals surface area contributed by atoms with E-state index >= 15 is 0 Å². The molecule has 0 spiro atoms. The molecule has 2 rings (SSSR count). The molecule has 1 aliphatic rings. The van der Waals surface area contributed by atoms with Gasteiger partial charge in [0.2, 0.25) is 0 Å². The van der Waals surface area contributed by atoms with Crippen LogP contribution in [0.1, 0.15) is 38.7 Å². The highest BCUT2D eigenvalue weighted by molar-refractivity contribution is 6.30. The van der Waals surface area contributed by atoms with Crippen LogP contribution in [-0.4, -0.2) is 34.7 Å². The van der Waals surface area contributed by atoms with Gasteiger partial charge in [0.05, 0.1) is 5.60 Å². The highest BCUT2D eigenvalue weighted by atomic mass is 35.5. The highest BCUT2D eigenvalue weighted by Gasteiger charge is 2.31. The lowest BCUT2D eigenvalue weighted by molar-refractivity contribution is 0.0241. The van der Waals surface area contributed by atoms with E-state index in [1.807, 2.05) is 0 Å². The van der Waals surface area contributed by atoms with Gasteiger partial charge in [-0.15, -0.1) is 0 Å². The molecular weight excluding hydrogens is 277 g/mol. The highest BCUT2D eigenvalue weighted by Crippen LogP contribution is 2.29. The number of hydrogen-bond acceptors (Lipinski definition) is 2. The van der Waals surface area contributed by atoms with E-state index in [2.05, 4.69) is 18.7 Å². The van der Waals surface area contributed by atoms with E-state index in [1.165, 1.54) is 12.1 Å². The first kappa shape index (κ1) is 15.7. The molecule has 0 aliphatic carbocycles. The van der Waals surface area contributed by atoms with Crippen LogP contribution in [0.25, 0.3) is 0 Å². The molecule has 1 N–H and O–H groups in total. The van der Waals surface area contributed by atoms with Crippen LogP contribution in [0.15, 0.2) is 18.2 Å². The van der Waals surface area contributed by atoms with Crippen molar-refractivity contribution >= 4 is 11.6 Å². The molecule has 1 saturated heterocycles. The van der Waals surface area contributed by atoms with Crippen molar-refractivity contribution in [2.24, 2.45) is 0 Å². The van der Waals surface area contributed by atoms with Gasteiger partial charge in [-0.05, 0) is 63.4 Å². The Bertz CT molecular complexity index is 466. The van der Waals surface area contributed by atoms with Crippen LogP contribution in [0.4, 0.5) is 4.39 Å². The second-order valence-electron chi connectivity index (χ2n) is 6.12. The van der Waals surface area contributed by atoms with Gasteiger partial charge < -0.3 is 10.0 Å². The normalized spacial score (nSPS) is 24.9. The van der Waals surface area contributed by atoms with Gasteiger partial charge in [-0.1, -0.05) is 11.6 Å². The summed E-state index contributed by atoms with van der Waals surface area (Å²) in [6.45, 7) is 6.19. The zero-order valence-electron chi connectivity index (χ0n) is 12.2. The molecule has 0 aromatic heterocycles. The maximum atomic E-state index is 13.8. The van der Waals surface area contributed by atoms with Gasteiger partial charge in [0.25, 0.3) is 0 Å². The smallest absolute Gasteiger partial charge is 0.126 e. The number of likely N-dealkylation sites (tertiary alicyclic amines) is 1. The predicted octanol–water partition coefficient (Wildman–Crippen LogP) is 3.65. The van der Waals surface area contributed by atoms with Gasteiger partial charge in [-0.25, -0.2) is 4.39 Å². The summed E-state index contributed by atoms with van der Waals surface area (Å²) in [5.41, 5.74) is -0.312. The minimum atomic E-state index is -0.824. The van der Waals surface area contributed by atoms with Crippen molar-refractivity contribution in [3.05, 3.63) is 34.6 Å². The van der Waals surface area contributed by atoms with Gasteiger partial charge >= 0.3 is 0 Å². The standard InChI is InChI=1S/C16H23ClFNO/c1-12(2)19-8-3-6-16(20,7-9-19)11-13-10-14(17)4-5-15(13)18/h4-5,10,12,20H,3,6-9,11H2,1-2H3. The molecule has 0 saturated carbocycles. The number of halogens is 2. The van der Waals surface area contributed by atoms with E-state index < -0.39 is 5.60 Å². The van der Waals surface area contributed by atoms with Crippen molar-refractivity contribution in [2.75, 3.05) is 13.1 Å². The fourth-order valence-corrected chi connectivity index (χ4v) is 3.12. The fraction of sp³-hybridized carbons (Fsp3) is 0.625. The second-order valence-corrected chi connectivity index (χ2v) is 6.56. The van der Waals surface area contributed by atoms with E-state index in [9.17, 15) is 9.50 Å². The van der Waals surface area contributed by atoms with Crippen LogP contribution >= 0.6 is 11.6 Å². The molecule has 0 amide bonds. The minimum absolute atomic E-state index is 0.284. The monoisotopic (exact) mass is 299 g/mol. The molecule has 2 nitrogen and oxygen atoms in total. The summed E-state index contributed by atoms with van der Waals surface area (Å²) in [5, 5.41) is 11.3. The maximum absolute atomic E-state index is 13.8. The molecular formula is C16H23ClFNO. The van der Waals surface area contributed by atoms with Crippen molar-refractivity contribution < 1.29 is 9.50 Å². The maximum Gasteiger partial charge on any atom is 0.126 e. The lowest BCUT2D eigenvalue weighted by Crippen LogP contribution is -2.35. The fourth-order valence-electron chi connectivity index (χ4n) is 2.93. The van der Waals surface area contributed by atoms with E-state index in [4.69, 9.17) is 11.6 Å². The number of nitrogens with zero attached hydrogens (tertiary/aromatic N) is 1. The first-order valence-corrected chi connectivity index (χ1v) is 7.68. The quantitative estimate of drug-likeness (QED) is 0.921. The summed E-state index contributed by atoms with van der Waals surface area (Å²) in [7, 11) is 0. The Morgan fingerprint density at radius 2 is 2.10 bits per heavy atom. The van der Waals surface area contributed by atoms with E-state index in [0.29, 0.717) is 35.9 Å². The molecule has 1 fully saturated rings. The zero-order valence-corrected chi connectivity index (χ0v) is 13.0. The first-order valence-electron chi connectivity index (χ1n) is 7.30. The average Bonchev–Trinajstić information content (AvgIpc) is 2.56. The van der Waals surface area contributed by atoms with Gasteiger partial charge in [0, 0.05) is 24.0 Å². The van der Waals surface area contributed by atoms with Crippen LogP contribution in [0, 0.1) is 5.82 Å². The Labute approximate surface area is 125 Å². The lowest BCUT2D eigenvalue weighted by Gasteiger charge is -2.28. The van der Waals surface area contributed by atoms with Crippen molar-refractivity contribution in [2.45, 2.75) is 51.2 Å². The number of hydrogen-bond donors (Lipinski definition) is 1. The van der Waals surface area contributed by atoms with E-state index in [-0.39, 0.29) is 5.82 Å². The Kier molecular flexibility index (Phi) is 5.05. The molecule has 1 unspecified atom stereocenters. The van der Waals surface area contributed by atoms with Crippen molar-refractivity contribution in [1.82, 2.24) is 4.90 Å². The number of rotatable bonds is 3. The van der Waals surface area contributed by atoms with E-state index in [0.717, 1.165) is 19.5 Å². The number of aliphatic hydroxyl groups is 1. The van der Waals surface area contributed by atoms with Gasteiger partial charge in [0.15, 0.2) is 0 Å². The molecule has 0 bridgehead atoms. The third kappa shape index (κ3) is 3.94. The molecule has 1 atom stereocenters.